The SMILES string of the molecule is C=CCl.Cl.O=C(O)O. The van der Waals surface area contributed by atoms with Gasteiger partial charge in [-0.05, 0) is 5.54 Å². The zero-order valence-corrected chi connectivity index (χ0v) is 5.45. The largest absolute Gasteiger partial charge is 0.503 e. The Labute approximate surface area is 58.0 Å². The molecule has 0 saturated heterocycles. The van der Waals surface area contributed by atoms with Gasteiger partial charge in [-0.15, -0.1) is 12.4 Å². The van der Waals surface area contributed by atoms with E-state index in [1.54, 1.807) is 0 Å². The van der Waals surface area contributed by atoms with Gasteiger partial charge in [-0.1, -0.05) is 18.2 Å². The van der Waals surface area contributed by atoms with Gasteiger partial charge < -0.3 is 10.2 Å². The zero-order chi connectivity index (χ0) is 6.28. The summed E-state index contributed by atoms with van der Waals surface area (Å²) in [6.07, 6.45) is -1.83. The molecule has 0 aliphatic heterocycles. The molecule has 0 bridgehead atoms. The number of hydrogen-bond donors (Lipinski definition) is 2. The first-order valence-corrected chi connectivity index (χ1v) is 1.71. The number of halogens is 2. The predicted octanol–water partition coefficient (Wildman–Crippen LogP) is 2.01. The van der Waals surface area contributed by atoms with Crippen LogP contribution in [-0.4, -0.2) is 16.4 Å². The molecule has 50 valence electrons. The first kappa shape index (κ1) is 15.6. The summed E-state index contributed by atoms with van der Waals surface area (Å²) in [5.74, 6) is 0. The molecule has 0 amide bonds. The Morgan fingerprint density at radius 3 is 1.62 bits per heavy atom. The van der Waals surface area contributed by atoms with Crippen molar-refractivity contribution in [2.45, 2.75) is 0 Å². The summed E-state index contributed by atoms with van der Waals surface area (Å²) >= 11 is 4.76. The van der Waals surface area contributed by atoms with Crippen molar-refractivity contribution in [2.24, 2.45) is 0 Å². The highest BCUT2D eigenvalue weighted by atomic mass is 35.5. The summed E-state index contributed by atoms with van der Waals surface area (Å²) < 4.78 is 0. The smallest absolute Gasteiger partial charge is 0.450 e. The van der Waals surface area contributed by atoms with E-state index in [2.05, 4.69) is 6.58 Å². The van der Waals surface area contributed by atoms with Crippen molar-refractivity contribution in [2.75, 3.05) is 0 Å². The molecule has 0 atom stereocenters. The highest BCUT2D eigenvalue weighted by molar-refractivity contribution is 6.25. The van der Waals surface area contributed by atoms with E-state index >= 15 is 0 Å². The molecule has 3 nitrogen and oxygen atoms in total. The van der Waals surface area contributed by atoms with Crippen LogP contribution in [0.2, 0.25) is 0 Å². The lowest BCUT2D eigenvalue weighted by Gasteiger charge is -1.60. The van der Waals surface area contributed by atoms with E-state index in [4.69, 9.17) is 26.6 Å². The normalized spacial score (nSPS) is 4.62. The molecule has 0 saturated carbocycles. The third-order valence-electron chi connectivity index (χ3n) is 0. The van der Waals surface area contributed by atoms with Crippen LogP contribution in [0.5, 0.6) is 0 Å². The standard InChI is InChI=1S/C2H3Cl.CH2O3.ClH/c1-2-3;2-1(3)4;/h2H,1H2;(H2,2,3,4);1H. The molecule has 0 fully saturated rings. The minimum absolute atomic E-state index is 0. The minimum atomic E-state index is -1.83. The van der Waals surface area contributed by atoms with E-state index in [0.717, 1.165) is 0 Å². The summed E-state index contributed by atoms with van der Waals surface area (Å²) in [7, 11) is 0. The molecule has 0 aromatic rings. The molecule has 0 radical (unpaired) electrons. The molecule has 0 aromatic carbocycles. The van der Waals surface area contributed by atoms with Gasteiger partial charge in [-0.2, -0.15) is 0 Å². The highest BCUT2D eigenvalue weighted by Gasteiger charge is 1.70. The van der Waals surface area contributed by atoms with Crippen LogP contribution in [0.15, 0.2) is 12.1 Å². The third kappa shape index (κ3) is 701. The maximum atomic E-state index is 8.56. The second-order valence-electron chi connectivity index (χ2n) is 0.437. The number of carboxylic acid groups (broad SMARTS) is 2. The molecular weight excluding hydrogens is 155 g/mol. The Kier molecular flexibility index (Phi) is 31.2. The number of rotatable bonds is 0. The van der Waals surface area contributed by atoms with Gasteiger partial charge in [0.25, 0.3) is 0 Å². The van der Waals surface area contributed by atoms with Gasteiger partial charge in [0.2, 0.25) is 0 Å². The van der Waals surface area contributed by atoms with Crippen LogP contribution in [0.25, 0.3) is 0 Å². The van der Waals surface area contributed by atoms with Crippen molar-refractivity contribution >= 4 is 30.2 Å². The van der Waals surface area contributed by atoms with Crippen LogP contribution >= 0.6 is 24.0 Å². The molecule has 0 heterocycles. The molecular formula is C3H6Cl2O3. The predicted molar refractivity (Wildman–Crippen MR) is 34.0 cm³/mol. The van der Waals surface area contributed by atoms with Gasteiger partial charge in [-0.25, -0.2) is 4.79 Å². The van der Waals surface area contributed by atoms with Gasteiger partial charge in [0.05, 0.1) is 0 Å². The topological polar surface area (TPSA) is 57.5 Å². The first-order chi connectivity index (χ1) is 3.15. The van der Waals surface area contributed by atoms with E-state index < -0.39 is 6.16 Å². The first-order valence-electron chi connectivity index (χ1n) is 1.28. The monoisotopic (exact) mass is 160 g/mol. The average Bonchev–Trinajstić information content (AvgIpc) is 1.33. The Morgan fingerprint density at radius 1 is 1.62 bits per heavy atom. The van der Waals surface area contributed by atoms with Crippen molar-refractivity contribution < 1.29 is 15.0 Å². The fraction of sp³-hybridized carbons (Fsp3) is 0. The second-order valence-corrected chi connectivity index (χ2v) is 0.745. The van der Waals surface area contributed by atoms with Crippen LogP contribution in [0.4, 0.5) is 4.79 Å². The molecule has 0 rings (SSSR count). The Hall–Kier alpha value is -0.410. The van der Waals surface area contributed by atoms with Crippen LogP contribution in [0.3, 0.4) is 0 Å². The molecule has 0 aliphatic carbocycles. The molecule has 5 heteroatoms. The third-order valence-corrected chi connectivity index (χ3v) is 0. The van der Waals surface area contributed by atoms with Crippen LogP contribution in [0, 0.1) is 0 Å². The minimum Gasteiger partial charge on any atom is -0.450 e. The van der Waals surface area contributed by atoms with Crippen molar-refractivity contribution in [3.8, 4) is 0 Å². The number of carbonyl (C=O) groups is 1. The van der Waals surface area contributed by atoms with Crippen molar-refractivity contribution in [3.05, 3.63) is 12.1 Å². The average molecular weight is 161 g/mol. The number of hydrogen-bond acceptors (Lipinski definition) is 1. The summed E-state index contributed by atoms with van der Waals surface area (Å²) in [5.41, 5.74) is 1.22. The van der Waals surface area contributed by atoms with Crippen molar-refractivity contribution in [3.63, 3.8) is 0 Å². The maximum absolute atomic E-state index is 8.56. The van der Waals surface area contributed by atoms with Crippen molar-refractivity contribution in [1.82, 2.24) is 0 Å². The van der Waals surface area contributed by atoms with Gasteiger partial charge in [-0.3, -0.25) is 0 Å². The van der Waals surface area contributed by atoms with E-state index in [9.17, 15) is 0 Å². The van der Waals surface area contributed by atoms with Crippen LogP contribution < -0.4 is 0 Å². The summed E-state index contributed by atoms with van der Waals surface area (Å²) in [6.45, 7) is 3.13. The zero-order valence-electron chi connectivity index (χ0n) is 3.87. The summed E-state index contributed by atoms with van der Waals surface area (Å²) in [4.78, 5) is 8.56. The van der Waals surface area contributed by atoms with Gasteiger partial charge in [0, 0.05) is 0 Å². The summed E-state index contributed by atoms with van der Waals surface area (Å²) in [5, 5.41) is 13.9. The van der Waals surface area contributed by atoms with Crippen LogP contribution in [0.1, 0.15) is 0 Å². The fourth-order valence-electron chi connectivity index (χ4n) is 0. The molecule has 0 aliphatic rings. The Morgan fingerprint density at radius 2 is 1.62 bits per heavy atom. The molecule has 0 aromatic heterocycles. The van der Waals surface area contributed by atoms with Crippen molar-refractivity contribution in [1.29, 1.82) is 0 Å². The lowest BCUT2D eigenvalue weighted by molar-refractivity contribution is 0.137. The van der Waals surface area contributed by atoms with E-state index in [1.165, 1.54) is 5.54 Å². The Balaban J connectivity index is -0.0000000575. The fourth-order valence-corrected chi connectivity index (χ4v) is 0. The van der Waals surface area contributed by atoms with E-state index in [0.29, 0.717) is 0 Å². The quantitative estimate of drug-likeness (QED) is 0.571. The van der Waals surface area contributed by atoms with Crippen LogP contribution in [-0.2, 0) is 0 Å². The molecule has 0 unspecified atom stereocenters. The Bertz CT molecular complexity index is 59.5. The van der Waals surface area contributed by atoms with Gasteiger partial charge in [0.15, 0.2) is 0 Å². The lowest BCUT2D eigenvalue weighted by Crippen LogP contribution is -1.81. The summed E-state index contributed by atoms with van der Waals surface area (Å²) in [6, 6.07) is 0. The molecule has 2 N–H and O–H groups in total. The van der Waals surface area contributed by atoms with Gasteiger partial charge in [0.1, 0.15) is 0 Å². The van der Waals surface area contributed by atoms with E-state index in [-0.39, 0.29) is 12.4 Å². The molecule has 0 spiro atoms. The van der Waals surface area contributed by atoms with E-state index in [1.807, 2.05) is 0 Å². The van der Waals surface area contributed by atoms with Gasteiger partial charge >= 0.3 is 6.16 Å². The highest BCUT2D eigenvalue weighted by Crippen LogP contribution is 1.60. The second kappa shape index (κ2) is 16.0. The lowest BCUT2D eigenvalue weighted by atomic mass is 11.3. The maximum Gasteiger partial charge on any atom is 0.503 e. The molecule has 8 heavy (non-hydrogen) atoms.